The van der Waals surface area contributed by atoms with E-state index in [1.54, 1.807) is 0 Å². The van der Waals surface area contributed by atoms with E-state index in [1.165, 1.54) is 18.4 Å². The van der Waals surface area contributed by atoms with Crippen molar-refractivity contribution in [1.29, 1.82) is 0 Å². The van der Waals surface area contributed by atoms with Gasteiger partial charge in [-0.05, 0) is 42.7 Å². The molecule has 0 aromatic heterocycles. The lowest BCUT2D eigenvalue weighted by molar-refractivity contribution is 0.476. The summed E-state index contributed by atoms with van der Waals surface area (Å²) in [5.41, 5.74) is 8.10. The second-order valence-corrected chi connectivity index (χ2v) is 5.72. The Kier molecular flexibility index (Phi) is 5.62. The molecule has 106 valence electrons. The first-order valence-corrected chi connectivity index (χ1v) is 7.77. The van der Waals surface area contributed by atoms with Crippen molar-refractivity contribution in [3.63, 3.8) is 0 Å². The summed E-state index contributed by atoms with van der Waals surface area (Å²) in [4.78, 5) is 0. The predicted octanol–water partition coefficient (Wildman–Crippen LogP) is 5.04. The van der Waals surface area contributed by atoms with Crippen molar-refractivity contribution in [1.82, 2.24) is 0 Å². The molecule has 0 saturated heterocycles. The van der Waals surface area contributed by atoms with Crippen LogP contribution in [0.25, 0.3) is 0 Å². The Balaban J connectivity index is 2.11. The molecule has 2 aromatic carbocycles. The Morgan fingerprint density at radius 3 is 2.50 bits per heavy atom. The molecule has 0 bridgehead atoms. The monoisotopic (exact) mass is 333 g/mol. The summed E-state index contributed by atoms with van der Waals surface area (Å²) < 4.78 is 6.92. The topological polar surface area (TPSA) is 35.2 Å². The van der Waals surface area contributed by atoms with Gasteiger partial charge in [-0.15, -0.1) is 0 Å². The fourth-order valence-electron chi connectivity index (χ4n) is 2.02. The molecule has 0 radical (unpaired) electrons. The van der Waals surface area contributed by atoms with Crippen molar-refractivity contribution in [2.24, 2.45) is 5.73 Å². The molecule has 2 aromatic rings. The van der Waals surface area contributed by atoms with Crippen LogP contribution in [0.4, 0.5) is 0 Å². The number of rotatable bonds is 6. The maximum absolute atomic E-state index is 5.93. The number of ether oxygens (including phenoxy) is 1. The highest BCUT2D eigenvalue weighted by Crippen LogP contribution is 2.28. The van der Waals surface area contributed by atoms with Crippen LogP contribution >= 0.6 is 15.9 Å². The van der Waals surface area contributed by atoms with E-state index in [9.17, 15) is 0 Å². The first-order chi connectivity index (χ1) is 9.72. The molecule has 0 unspecified atom stereocenters. The zero-order chi connectivity index (χ0) is 14.4. The maximum Gasteiger partial charge on any atom is 0.133 e. The Morgan fingerprint density at radius 2 is 1.85 bits per heavy atom. The highest BCUT2D eigenvalue weighted by Gasteiger charge is 2.05. The Hall–Kier alpha value is -1.32. The van der Waals surface area contributed by atoms with Gasteiger partial charge in [0, 0.05) is 16.6 Å². The van der Waals surface area contributed by atoms with Gasteiger partial charge in [0.2, 0.25) is 0 Å². The Labute approximate surface area is 129 Å². The second-order valence-electron chi connectivity index (χ2n) is 4.81. The molecule has 2 rings (SSSR count). The molecule has 0 amide bonds. The minimum Gasteiger partial charge on any atom is -0.457 e. The highest BCUT2D eigenvalue weighted by atomic mass is 79.9. The van der Waals surface area contributed by atoms with Crippen LogP contribution in [0, 0.1) is 0 Å². The van der Waals surface area contributed by atoms with Gasteiger partial charge in [0.15, 0.2) is 0 Å². The summed E-state index contributed by atoms with van der Waals surface area (Å²) in [5, 5.41) is 0. The predicted molar refractivity (Wildman–Crippen MR) is 87.2 cm³/mol. The lowest BCUT2D eigenvalue weighted by atomic mass is 10.1. The summed E-state index contributed by atoms with van der Waals surface area (Å²) in [6.45, 7) is 2.68. The second kappa shape index (κ2) is 7.46. The number of nitrogens with two attached hydrogens (primary N) is 1. The van der Waals surface area contributed by atoms with Gasteiger partial charge in [-0.3, -0.25) is 0 Å². The molecule has 0 saturated carbocycles. The third kappa shape index (κ3) is 4.09. The van der Waals surface area contributed by atoms with Crippen molar-refractivity contribution < 1.29 is 4.74 Å². The first kappa shape index (κ1) is 15.1. The molecule has 0 aliphatic heterocycles. The summed E-state index contributed by atoms with van der Waals surface area (Å²) in [6.07, 6.45) is 3.57. The van der Waals surface area contributed by atoms with E-state index in [-0.39, 0.29) is 0 Å². The van der Waals surface area contributed by atoms with E-state index in [0.29, 0.717) is 6.54 Å². The first-order valence-electron chi connectivity index (χ1n) is 6.98. The normalized spacial score (nSPS) is 10.6. The number of halogens is 1. The lowest BCUT2D eigenvalue weighted by Gasteiger charge is -2.11. The third-order valence-electron chi connectivity index (χ3n) is 3.22. The Bertz CT molecular complexity index is 551. The van der Waals surface area contributed by atoms with Crippen molar-refractivity contribution in [2.45, 2.75) is 32.7 Å². The zero-order valence-corrected chi connectivity index (χ0v) is 13.3. The van der Waals surface area contributed by atoms with E-state index in [1.807, 2.05) is 30.3 Å². The van der Waals surface area contributed by atoms with Crippen LogP contribution in [0.15, 0.2) is 46.9 Å². The number of hydrogen-bond donors (Lipinski definition) is 1. The third-order valence-corrected chi connectivity index (χ3v) is 3.71. The van der Waals surface area contributed by atoms with Crippen LogP contribution in [-0.2, 0) is 13.0 Å². The maximum atomic E-state index is 5.93. The lowest BCUT2D eigenvalue weighted by Crippen LogP contribution is -1.99. The molecule has 2 N–H and O–H groups in total. The number of benzene rings is 2. The number of unbranched alkanes of at least 4 members (excludes halogenated alkanes) is 1. The molecular weight excluding hydrogens is 314 g/mol. The largest absolute Gasteiger partial charge is 0.457 e. The highest BCUT2D eigenvalue weighted by molar-refractivity contribution is 9.10. The number of hydrogen-bond acceptors (Lipinski definition) is 2. The molecule has 0 aliphatic rings. The fraction of sp³-hybridized carbons (Fsp3) is 0.294. The molecule has 20 heavy (non-hydrogen) atoms. The zero-order valence-electron chi connectivity index (χ0n) is 11.7. The van der Waals surface area contributed by atoms with Gasteiger partial charge in [-0.2, -0.15) is 0 Å². The van der Waals surface area contributed by atoms with E-state index in [4.69, 9.17) is 10.5 Å². The summed E-state index contributed by atoms with van der Waals surface area (Å²) in [5.74, 6) is 1.65. The van der Waals surface area contributed by atoms with Gasteiger partial charge >= 0.3 is 0 Å². The van der Waals surface area contributed by atoms with E-state index >= 15 is 0 Å². The SMILES string of the molecule is CCCCc1ccc(Oc2cc(Br)ccc2CN)cc1. The molecule has 0 heterocycles. The molecule has 0 fully saturated rings. The van der Waals surface area contributed by atoms with Crippen molar-refractivity contribution in [3.8, 4) is 11.5 Å². The van der Waals surface area contributed by atoms with Crippen LogP contribution < -0.4 is 10.5 Å². The minimum atomic E-state index is 0.469. The summed E-state index contributed by atoms with van der Waals surface area (Å²) in [7, 11) is 0. The average Bonchev–Trinajstić information content (AvgIpc) is 2.47. The van der Waals surface area contributed by atoms with E-state index in [2.05, 4.69) is 35.0 Å². The molecular formula is C17H20BrNO. The smallest absolute Gasteiger partial charge is 0.133 e. The van der Waals surface area contributed by atoms with Crippen molar-refractivity contribution >= 4 is 15.9 Å². The molecule has 0 spiro atoms. The van der Waals surface area contributed by atoms with Gasteiger partial charge in [-0.1, -0.05) is 47.5 Å². The van der Waals surface area contributed by atoms with Crippen LogP contribution in [0.3, 0.4) is 0 Å². The molecule has 0 atom stereocenters. The van der Waals surface area contributed by atoms with E-state index < -0.39 is 0 Å². The number of aryl methyl sites for hydroxylation is 1. The van der Waals surface area contributed by atoms with Gasteiger partial charge in [0.25, 0.3) is 0 Å². The van der Waals surface area contributed by atoms with E-state index in [0.717, 1.165) is 28.0 Å². The quantitative estimate of drug-likeness (QED) is 0.803. The molecule has 0 aliphatic carbocycles. The van der Waals surface area contributed by atoms with Gasteiger partial charge in [0.1, 0.15) is 11.5 Å². The van der Waals surface area contributed by atoms with Gasteiger partial charge < -0.3 is 10.5 Å². The van der Waals surface area contributed by atoms with Crippen molar-refractivity contribution in [3.05, 3.63) is 58.1 Å². The van der Waals surface area contributed by atoms with Crippen molar-refractivity contribution in [2.75, 3.05) is 0 Å². The average molecular weight is 334 g/mol. The van der Waals surface area contributed by atoms with Gasteiger partial charge in [-0.25, -0.2) is 0 Å². The summed E-state index contributed by atoms with van der Waals surface area (Å²) >= 11 is 3.46. The standard InChI is InChI=1S/C17H20BrNO/c1-2-3-4-13-5-9-16(10-6-13)20-17-11-15(18)8-7-14(17)12-19/h5-11H,2-4,12,19H2,1H3. The minimum absolute atomic E-state index is 0.469. The van der Waals surface area contributed by atoms with Crippen LogP contribution in [-0.4, -0.2) is 0 Å². The van der Waals surface area contributed by atoms with Gasteiger partial charge in [0.05, 0.1) is 0 Å². The molecule has 2 nitrogen and oxygen atoms in total. The Morgan fingerprint density at radius 1 is 1.10 bits per heavy atom. The van der Waals surface area contributed by atoms with Crippen LogP contribution in [0.5, 0.6) is 11.5 Å². The van der Waals surface area contributed by atoms with Crippen LogP contribution in [0.1, 0.15) is 30.9 Å². The van der Waals surface area contributed by atoms with Crippen LogP contribution in [0.2, 0.25) is 0 Å². The molecule has 3 heteroatoms. The summed E-state index contributed by atoms with van der Waals surface area (Å²) in [6, 6.07) is 14.2. The fourth-order valence-corrected chi connectivity index (χ4v) is 2.36.